The lowest BCUT2D eigenvalue weighted by molar-refractivity contribution is 0.0893. The Hall–Kier alpha value is -2.24. The van der Waals surface area contributed by atoms with Crippen LogP contribution in [0.2, 0.25) is 0 Å². The van der Waals surface area contributed by atoms with Crippen LogP contribution in [0.15, 0.2) is 0 Å². The van der Waals surface area contributed by atoms with Gasteiger partial charge in [-0.1, -0.05) is 0 Å². The maximum Gasteiger partial charge on any atom is 0.231 e. The maximum absolute atomic E-state index is 12.1. The lowest BCUT2D eigenvalue weighted by Gasteiger charge is -2.25. The second kappa shape index (κ2) is 3.63. The van der Waals surface area contributed by atoms with Gasteiger partial charge in [-0.25, -0.2) is 0 Å². The van der Waals surface area contributed by atoms with Crippen LogP contribution in [-0.4, -0.2) is 31.6 Å². The Morgan fingerprint density at radius 1 is 0.632 bits per heavy atom. The zero-order chi connectivity index (χ0) is 13.0. The minimum atomic E-state index is -0.0765. The highest BCUT2D eigenvalue weighted by Gasteiger charge is 2.39. The standard InChI is InChI=1S/C13H10O6/c14-6-1-3-16-10-8(6)12-13(19-5-18-12)9-7(15)2-4-17-11(9)10/h1-5H2. The van der Waals surface area contributed by atoms with Crippen molar-refractivity contribution in [3.8, 4) is 23.0 Å². The lowest BCUT2D eigenvalue weighted by Crippen LogP contribution is -2.22. The zero-order valence-corrected chi connectivity index (χ0v) is 9.99. The molecule has 98 valence electrons. The van der Waals surface area contributed by atoms with Gasteiger partial charge in [-0.2, -0.15) is 0 Å². The van der Waals surface area contributed by atoms with Gasteiger partial charge in [0.05, 0.1) is 13.2 Å². The number of Topliss-reactive ketones (excluding diaryl/α,β-unsaturated/α-hetero) is 2. The van der Waals surface area contributed by atoms with E-state index in [1.807, 2.05) is 0 Å². The summed E-state index contributed by atoms with van der Waals surface area (Å²) in [7, 11) is 0. The van der Waals surface area contributed by atoms with Crippen molar-refractivity contribution in [2.45, 2.75) is 12.8 Å². The summed E-state index contributed by atoms with van der Waals surface area (Å²) in [6.45, 7) is 0.573. The van der Waals surface area contributed by atoms with Gasteiger partial charge in [0.1, 0.15) is 11.1 Å². The Bertz CT molecular complexity index is 565. The summed E-state index contributed by atoms with van der Waals surface area (Å²) in [6.07, 6.45) is 0.574. The SMILES string of the molecule is O=C1CCOc2c3c(c4c(c21)OCO4)C(=O)CCO3. The molecule has 0 amide bonds. The van der Waals surface area contributed by atoms with Crippen molar-refractivity contribution in [3.05, 3.63) is 11.1 Å². The summed E-state index contributed by atoms with van der Waals surface area (Å²) in [5, 5.41) is 0. The number of hydrogen-bond acceptors (Lipinski definition) is 6. The molecule has 0 radical (unpaired) electrons. The second-order valence-electron chi connectivity index (χ2n) is 4.52. The first-order valence-corrected chi connectivity index (χ1v) is 6.09. The van der Waals surface area contributed by atoms with Crippen molar-refractivity contribution in [2.75, 3.05) is 20.0 Å². The molecule has 0 saturated carbocycles. The molecule has 0 aliphatic carbocycles. The molecule has 3 aliphatic heterocycles. The van der Waals surface area contributed by atoms with E-state index in [2.05, 4.69) is 0 Å². The molecular formula is C13H10O6. The predicted molar refractivity (Wildman–Crippen MR) is 61.5 cm³/mol. The van der Waals surface area contributed by atoms with Crippen LogP contribution in [0.4, 0.5) is 0 Å². The van der Waals surface area contributed by atoms with Gasteiger partial charge in [0, 0.05) is 12.8 Å². The number of benzene rings is 1. The van der Waals surface area contributed by atoms with Gasteiger partial charge < -0.3 is 18.9 Å². The molecule has 0 unspecified atom stereocenters. The van der Waals surface area contributed by atoms with Gasteiger partial charge in [-0.05, 0) is 0 Å². The quantitative estimate of drug-likeness (QED) is 0.702. The molecule has 0 fully saturated rings. The summed E-state index contributed by atoms with van der Waals surface area (Å²) < 4.78 is 21.8. The molecule has 6 heteroatoms. The maximum atomic E-state index is 12.1. The smallest absolute Gasteiger partial charge is 0.231 e. The van der Waals surface area contributed by atoms with E-state index in [-0.39, 0.29) is 44.4 Å². The molecule has 1 aromatic rings. The number of carbonyl (C=O) groups excluding carboxylic acids is 2. The number of fused-ring (bicyclic) bond motifs is 6. The van der Waals surface area contributed by atoms with Gasteiger partial charge in [0.25, 0.3) is 0 Å². The van der Waals surface area contributed by atoms with Crippen molar-refractivity contribution < 1.29 is 28.5 Å². The first-order valence-electron chi connectivity index (χ1n) is 6.09. The van der Waals surface area contributed by atoms with E-state index < -0.39 is 0 Å². The van der Waals surface area contributed by atoms with Crippen LogP contribution in [0, 0.1) is 0 Å². The fraction of sp³-hybridized carbons (Fsp3) is 0.385. The van der Waals surface area contributed by atoms with Crippen LogP contribution >= 0.6 is 0 Å². The average Bonchev–Trinajstić information content (AvgIpc) is 2.88. The van der Waals surface area contributed by atoms with Crippen LogP contribution < -0.4 is 18.9 Å². The Kier molecular flexibility index (Phi) is 2.04. The lowest BCUT2D eigenvalue weighted by atomic mass is 9.95. The van der Waals surface area contributed by atoms with Gasteiger partial charge in [-0.3, -0.25) is 9.59 Å². The Balaban J connectivity index is 2.08. The summed E-state index contributed by atoms with van der Waals surface area (Å²) in [5.41, 5.74) is 0.680. The summed E-state index contributed by atoms with van der Waals surface area (Å²) >= 11 is 0. The predicted octanol–water partition coefficient (Wildman–Crippen LogP) is 1.35. The van der Waals surface area contributed by atoms with Crippen LogP contribution in [0.1, 0.15) is 33.6 Å². The third kappa shape index (κ3) is 1.31. The summed E-state index contributed by atoms with van der Waals surface area (Å²) in [4.78, 5) is 24.1. The van der Waals surface area contributed by atoms with E-state index in [0.29, 0.717) is 34.1 Å². The van der Waals surface area contributed by atoms with Crippen molar-refractivity contribution in [1.29, 1.82) is 0 Å². The molecule has 0 saturated heterocycles. The highest BCUT2D eigenvalue weighted by atomic mass is 16.7. The van der Waals surface area contributed by atoms with Crippen molar-refractivity contribution in [1.82, 2.24) is 0 Å². The highest BCUT2D eigenvalue weighted by Crippen LogP contribution is 2.53. The Labute approximate surface area is 108 Å². The highest BCUT2D eigenvalue weighted by molar-refractivity contribution is 6.10. The third-order valence-corrected chi connectivity index (χ3v) is 3.44. The fourth-order valence-corrected chi connectivity index (χ4v) is 2.61. The van der Waals surface area contributed by atoms with E-state index in [4.69, 9.17) is 18.9 Å². The van der Waals surface area contributed by atoms with Gasteiger partial charge in [0.2, 0.25) is 6.79 Å². The second-order valence-corrected chi connectivity index (χ2v) is 4.52. The normalized spacial score (nSPS) is 19.4. The summed E-state index contributed by atoms with van der Waals surface area (Å²) in [6, 6.07) is 0. The Morgan fingerprint density at radius 3 is 1.53 bits per heavy atom. The minimum absolute atomic E-state index is 0.00120. The van der Waals surface area contributed by atoms with Crippen molar-refractivity contribution in [2.24, 2.45) is 0 Å². The van der Waals surface area contributed by atoms with Crippen LogP contribution in [0.3, 0.4) is 0 Å². The number of rotatable bonds is 0. The van der Waals surface area contributed by atoms with Crippen molar-refractivity contribution in [3.63, 3.8) is 0 Å². The van der Waals surface area contributed by atoms with E-state index >= 15 is 0 Å². The van der Waals surface area contributed by atoms with Gasteiger partial charge in [0.15, 0.2) is 34.6 Å². The van der Waals surface area contributed by atoms with Gasteiger partial charge in [-0.15, -0.1) is 0 Å². The molecule has 6 nitrogen and oxygen atoms in total. The van der Waals surface area contributed by atoms with Crippen LogP contribution in [-0.2, 0) is 0 Å². The molecule has 3 aliphatic rings. The van der Waals surface area contributed by atoms with E-state index in [1.165, 1.54) is 0 Å². The molecule has 0 aromatic heterocycles. The van der Waals surface area contributed by atoms with Gasteiger partial charge >= 0.3 is 0 Å². The van der Waals surface area contributed by atoms with E-state index in [1.54, 1.807) is 0 Å². The number of hydrogen-bond donors (Lipinski definition) is 0. The Morgan fingerprint density at radius 2 is 1.05 bits per heavy atom. The van der Waals surface area contributed by atoms with Crippen LogP contribution in [0.5, 0.6) is 23.0 Å². The molecule has 0 N–H and O–H groups in total. The first-order chi connectivity index (χ1) is 9.27. The summed E-state index contributed by atoms with van der Waals surface area (Å²) in [5.74, 6) is 1.13. The van der Waals surface area contributed by atoms with E-state index in [9.17, 15) is 9.59 Å². The number of carbonyl (C=O) groups is 2. The molecule has 19 heavy (non-hydrogen) atoms. The van der Waals surface area contributed by atoms with Crippen molar-refractivity contribution >= 4 is 11.6 Å². The molecular weight excluding hydrogens is 252 g/mol. The molecule has 1 aromatic carbocycles. The molecule has 0 spiro atoms. The molecule has 3 heterocycles. The molecule has 4 rings (SSSR count). The largest absolute Gasteiger partial charge is 0.488 e. The average molecular weight is 262 g/mol. The zero-order valence-electron chi connectivity index (χ0n) is 9.99. The molecule has 0 atom stereocenters. The number of ether oxygens (including phenoxy) is 4. The third-order valence-electron chi connectivity index (χ3n) is 3.44. The fourth-order valence-electron chi connectivity index (χ4n) is 2.61. The number of ketones is 2. The topological polar surface area (TPSA) is 71.1 Å². The van der Waals surface area contributed by atoms with E-state index in [0.717, 1.165) is 0 Å². The molecule has 0 bridgehead atoms. The minimum Gasteiger partial charge on any atom is -0.488 e. The first kappa shape index (κ1) is 10.7. The monoisotopic (exact) mass is 262 g/mol. The van der Waals surface area contributed by atoms with Crippen LogP contribution in [0.25, 0.3) is 0 Å².